The Hall–Kier alpha value is -1.84. The van der Waals surface area contributed by atoms with Gasteiger partial charge in [-0.1, -0.05) is 32.9 Å². The third-order valence-electron chi connectivity index (χ3n) is 3.30. The topological polar surface area (TPSA) is 57.6 Å². The van der Waals surface area contributed by atoms with E-state index in [4.69, 9.17) is 5.11 Å². The molecule has 0 atom stereocenters. The molecule has 4 heteroatoms. The van der Waals surface area contributed by atoms with Crippen molar-refractivity contribution in [1.29, 1.82) is 0 Å². The van der Waals surface area contributed by atoms with Gasteiger partial charge >= 0.3 is 5.97 Å². The molecule has 0 radical (unpaired) electrons. The molecule has 0 aliphatic rings. The Kier molecular flexibility index (Phi) is 4.93. The van der Waals surface area contributed by atoms with Crippen LogP contribution in [0.3, 0.4) is 0 Å². The molecule has 1 aromatic carbocycles. The van der Waals surface area contributed by atoms with E-state index in [2.05, 4.69) is 0 Å². The molecule has 0 aromatic heterocycles. The minimum absolute atomic E-state index is 0.0603. The number of amides is 1. The molecule has 0 unspecified atom stereocenters. The molecule has 110 valence electrons. The summed E-state index contributed by atoms with van der Waals surface area (Å²) in [4.78, 5) is 25.0. The van der Waals surface area contributed by atoms with Crippen LogP contribution < -0.4 is 4.90 Å². The Balaban J connectivity index is 3.19. The van der Waals surface area contributed by atoms with Crippen LogP contribution in [-0.4, -0.2) is 23.5 Å². The minimum atomic E-state index is -0.901. The average molecular weight is 277 g/mol. The zero-order valence-corrected chi connectivity index (χ0v) is 12.9. The predicted molar refractivity (Wildman–Crippen MR) is 80.0 cm³/mol. The molecule has 1 amide bonds. The number of carboxylic acids is 1. The lowest BCUT2D eigenvalue weighted by Gasteiger charge is -2.30. The maximum absolute atomic E-state index is 12.6. The number of hydrogen-bond acceptors (Lipinski definition) is 2. The Morgan fingerprint density at radius 3 is 2.30 bits per heavy atom. The highest BCUT2D eigenvalue weighted by Crippen LogP contribution is 2.27. The highest BCUT2D eigenvalue weighted by Gasteiger charge is 2.29. The average Bonchev–Trinajstić information content (AvgIpc) is 2.32. The van der Waals surface area contributed by atoms with Crippen molar-refractivity contribution in [1.82, 2.24) is 0 Å². The molecule has 1 N–H and O–H groups in total. The van der Waals surface area contributed by atoms with Crippen molar-refractivity contribution in [2.75, 3.05) is 11.4 Å². The van der Waals surface area contributed by atoms with Crippen LogP contribution in [0.15, 0.2) is 18.2 Å². The second-order valence-corrected chi connectivity index (χ2v) is 6.07. The number of carbonyl (C=O) groups is 2. The summed E-state index contributed by atoms with van der Waals surface area (Å²) >= 11 is 0. The third kappa shape index (κ3) is 3.83. The smallest absolute Gasteiger partial charge is 0.305 e. The van der Waals surface area contributed by atoms with Gasteiger partial charge in [-0.2, -0.15) is 0 Å². The highest BCUT2D eigenvalue weighted by atomic mass is 16.4. The molecule has 20 heavy (non-hydrogen) atoms. The molecule has 0 heterocycles. The molecule has 1 rings (SSSR count). The number of rotatable bonds is 4. The quantitative estimate of drug-likeness (QED) is 0.919. The van der Waals surface area contributed by atoms with E-state index in [-0.39, 0.29) is 18.9 Å². The Morgan fingerprint density at radius 2 is 1.80 bits per heavy atom. The van der Waals surface area contributed by atoms with Crippen molar-refractivity contribution in [2.45, 2.75) is 41.0 Å². The Bertz CT molecular complexity index is 515. The first-order valence-corrected chi connectivity index (χ1v) is 6.74. The fourth-order valence-electron chi connectivity index (χ4n) is 1.97. The molecule has 0 saturated heterocycles. The van der Waals surface area contributed by atoms with Gasteiger partial charge in [0, 0.05) is 17.6 Å². The largest absolute Gasteiger partial charge is 0.481 e. The fourth-order valence-corrected chi connectivity index (χ4v) is 1.97. The summed E-state index contributed by atoms with van der Waals surface area (Å²) in [6.45, 7) is 9.65. The molecule has 0 fully saturated rings. The van der Waals surface area contributed by atoms with E-state index in [1.807, 2.05) is 52.8 Å². The van der Waals surface area contributed by atoms with Gasteiger partial charge in [-0.05, 0) is 31.0 Å². The van der Waals surface area contributed by atoms with Crippen LogP contribution in [0.2, 0.25) is 0 Å². The van der Waals surface area contributed by atoms with Crippen molar-refractivity contribution in [2.24, 2.45) is 5.41 Å². The number of carbonyl (C=O) groups excluding carboxylic acids is 1. The molecule has 4 nitrogen and oxygen atoms in total. The van der Waals surface area contributed by atoms with Gasteiger partial charge in [0.05, 0.1) is 6.42 Å². The Labute approximate surface area is 120 Å². The number of hydrogen-bond donors (Lipinski definition) is 1. The maximum Gasteiger partial charge on any atom is 0.305 e. The van der Waals surface area contributed by atoms with Gasteiger partial charge in [-0.3, -0.25) is 9.59 Å². The number of nitrogens with zero attached hydrogens (tertiary/aromatic N) is 1. The van der Waals surface area contributed by atoms with Crippen molar-refractivity contribution >= 4 is 17.6 Å². The van der Waals surface area contributed by atoms with E-state index >= 15 is 0 Å². The summed E-state index contributed by atoms with van der Waals surface area (Å²) in [5.41, 5.74) is 2.35. The van der Waals surface area contributed by atoms with Crippen LogP contribution in [0, 0.1) is 19.3 Å². The van der Waals surface area contributed by atoms with Crippen LogP contribution in [0.4, 0.5) is 5.69 Å². The summed E-state index contributed by atoms with van der Waals surface area (Å²) < 4.78 is 0. The number of carboxylic acid groups (broad SMARTS) is 1. The zero-order valence-electron chi connectivity index (χ0n) is 12.9. The number of aryl methyl sites for hydroxylation is 1. The standard InChI is InChI=1S/C16H23NO3/c1-11-7-6-8-13(12(11)2)17(10-9-14(18)19)15(20)16(3,4)5/h6-8H,9-10H2,1-5H3,(H,18,19). The first-order chi connectivity index (χ1) is 9.14. The highest BCUT2D eigenvalue weighted by molar-refractivity contribution is 5.98. The van der Waals surface area contributed by atoms with Crippen molar-refractivity contribution in [3.8, 4) is 0 Å². The summed E-state index contributed by atoms with van der Waals surface area (Å²) in [5.74, 6) is -0.963. The molecule has 0 bridgehead atoms. The van der Waals surface area contributed by atoms with Crippen LogP contribution >= 0.6 is 0 Å². The second kappa shape index (κ2) is 6.07. The van der Waals surface area contributed by atoms with E-state index < -0.39 is 11.4 Å². The molecule has 0 aliphatic heterocycles. The SMILES string of the molecule is Cc1cccc(N(CCC(=O)O)C(=O)C(C)(C)C)c1C. The van der Waals surface area contributed by atoms with Crippen molar-refractivity contribution < 1.29 is 14.7 Å². The number of anilines is 1. The van der Waals surface area contributed by atoms with Crippen LogP contribution in [0.5, 0.6) is 0 Å². The number of benzene rings is 1. The number of aliphatic carboxylic acids is 1. The van der Waals surface area contributed by atoms with Crippen LogP contribution in [-0.2, 0) is 9.59 Å². The van der Waals surface area contributed by atoms with E-state index in [1.54, 1.807) is 4.90 Å². The maximum atomic E-state index is 12.6. The summed E-state index contributed by atoms with van der Waals surface area (Å²) in [6, 6.07) is 5.74. The van der Waals surface area contributed by atoms with Gasteiger partial charge in [-0.15, -0.1) is 0 Å². The predicted octanol–water partition coefficient (Wildman–Crippen LogP) is 3.16. The van der Waals surface area contributed by atoms with Gasteiger partial charge in [-0.25, -0.2) is 0 Å². The van der Waals surface area contributed by atoms with Gasteiger partial charge in [0.15, 0.2) is 0 Å². The van der Waals surface area contributed by atoms with Gasteiger partial charge in [0.2, 0.25) is 5.91 Å². The van der Waals surface area contributed by atoms with Gasteiger partial charge < -0.3 is 10.0 Å². The lowest BCUT2D eigenvalue weighted by Crippen LogP contribution is -2.41. The van der Waals surface area contributed by atoms with Gasteiger partial charge in [0.25, 0.3) is 0 Å². The normalized spacial score (nSPS) is 11.2. The molecule has 0 saturated carbocycles. The van der Waals surface area contributed by atoms with E-state index in [1.165, 1.54) is 0 Å². The fraction of sp³-hybridized carbons (Fsp3) is 0.500. The van der Waals surface area contributed by atoms with E-state index in [0.29, 0.717) is 0 Å². The lowest BCUT2D eigenvalue weighted by molar-refractivity contribution is -0.136. The molecule has 0 spiro atoms. The van der Waals surface area contributed by atoms with E-state index in [9.17, 15) is 9.59 Å². The summed E-state index contributed by atoms with van der Waals surface area (Å²) in [5, 5.41) is 8.88. The zero-order chi connectivity index (χ0) is 15.5. The first kappa shape index (κ1) is 16.2. The minimum Gasteiger partial charge on any atom is -0.481 e. The van der Waals surface area contributed by atoms with Crippen LogP contribution in [0.25, 0.3) is 0 Å². The molecular formula is C16H23NO3. The molecular weight excluding hydrogens is 254 g/mol. The monoisotopic (exact) mass is 277 g/mol. The third-order valence-corrected chi connectivity index (χ3v) is 3.30. The summed E-state index contributed by atoms with van der Waals surface area (Å²) in [7, 11) is 0. The molecule has 0 aliphatic carbocycles. The van der Waals surface area contributed by atoms with Crippen molar-refractivity contribution in [3.63, 3.8) is 0 Å². The van der Waals surface area contributed by atoms with Crippen molar-refractivity contribution in [3.05, 3.63) is 29.3 Å². The lowest BCUT2D eigenvalue weighted by atomic mass is 9.93. The first-order valence-electron chi connectivity index (χ1n) is 6.74. The van der Waals surface area contributed by atoms with E-state index in [0.717, 1.165) is 16.8 Å². The van der Waals surface area contributed by atoms with Gasteiger partial charge in [0.1, 0.15) is 0 Å². The summed E-state index contributed by atoms with van der Waals surface area (Å²) in [6.07, 6.45) is -0.0603. The van der Waals surface area contributed by atoms with Crippen LogP contribution in [0.1, 0.15) is 38.3 Å². The second-order valence-electron chi connectivity index (χ2n) is 6.07. The molecule has 1 aromatic rings. The Morgan fingerprint density at radius 1 is 1.20 bits per heavy atom.